The van der Waals surface area contributed by atoms with Gasteiger partial charge >= 0.3 is 0 Å². The van der Waals surface area contributed by atoms with Gasteiger partial charge in [0.25, 0.3) is 0 Å². The van der Waals surface area contributed by atoms with Gasteiger partial charge in [-0.05, 0) is 43.1 Å². The fourth-order valence-corrected chi connectivity index (χ4v) is 3.66. The zero-order valence-electron chi connectivity index (χ0n) is 14.8. The van der Waals surface area contributed by atoms with E-state index in [9.17, 15) is 0 Å². The second kappa shape index (κ2) is 7.85. The average molecular weight is 352 g/mol. The Hall–Kier alpha value is -2.44. The molecule has 1 aliphatic heterocycles. The Morgan fingerprint density at radius 2 is 2.15 bits per heavy atom. The van der Waals surface area contributed by atoms with Gasteiger partial charge in [0.2, 0.25) is 0 Å². The molecule has 0 amide bonds. The van der Waals surface area contributed by atoms with Gasteiger partial charge < -0.3 is 9.84 Å². The first-order chi connectivity index (χ1) is 12.8. The zero-order chi connectivity index (χ0) is 17.8. The number of aliphatic hydroxyl groups excluding tert-OH is 1. The number of aromatic nitrogens is 3. The fraction of sp³-hybridized carbons (Fsp3) is 0.400. The molecule has 1 fully saturated rings. The molecule has 1 aliphatic rings. The average Bonchev–Trinajstić information content (AvgIpc) is 3.15. The molecule has 6 nitrogen and oxygen atoms in total. The zero-order valence-corrected chi connectivity index (χ0v) is 14.8. The van der Waals surface area contributed by atoms with Gasteiger partial charge in [0.1, 0.15) is 12.4 Å². The van der Waals surface area contributed by atoms with Gasteiger partial charge in [-0.1, -0.05) is 18.6 Å². The van der Waals surface area contributed by atoms with Crippen LogP contribution in [0.3, 0.4) is 0 Å². The van der Waals surface area contributed by atoms with Crippen LogP contribution in [0.25, 0.3) is 5.65 Å². The van der Waals surface area contributed by atoms with Crippen molar-refractivity contribution in [2.75, 3.05) is 19.8 Å². The molecule has 1 saturated heterocycles. The summed E-state index contributed by atoms with van der Waals surface area (Å²) in [6.07, 6.45) is 7.34. The van der Waals surface area contributed by atoms with Gasteiger partial charge in [-0.15, -0.1) is 0 Å². The SMILES string of the molecule is OCCOc1cccc(CN2CCCC[C@@H]2c2ccn3nccc3n2)c1. The number of ether oxygens (including phenoxy) is 1. The molecule has 6 heteroatoms. The second-order valence-corrected chi connectivity index (χ2v) is 6.69. The Bertz CT molecular complexity index is 864. The number of benzene rings is 1. The summed E-state index contributed by atoms with van der Waals surface area (Å²) >= 11 is 0. The predicted octanol–water partition coefficient (Wildman–Crippen LogP) is 2.83. The number of hydrogen-bond donors (Lipinski definition) is 1. The summed E-state index contributed by atoms with van der Waals surface area (Å²) in [5.74, 6) is 0.809. The minimum Gasteiger partial charge on any atom is -0.491 e. The first-order valence-corrected chi connectivity index (χ1v) is 9.20. The Kier molecular flexibility index (Phi) is 5.13. The minimum absolute atomic E-state index is 0.0289. The van der Waals surface area contributed by atoms with Gasteiger partial charge in [0, 0.05) is 18.8 Å². The molecule has 1 N–H and O–H groups in total. The molecule has 136 valence electrons. The number of fused-ring (bicyclic) bond motifs is 1. The van der Waals surface area contributed by atoms with E-state index < -0.39 is 0 Å². The molecular formula is C20H24N4O2. The lowest BCUT2D eigenvalue weighted by Crippen LogP contribution is -2.33. The van der Waals surface area contributed by atoms with Crippen molar-refractivity contribution < 1.29 is 9.84 Å². The van der Waals surface area contributed by atoms with Crippen LogP contribution in [0, 0.1) is 0 Å². The molecule has 1 aromatic carbocycles. The number of aliphatic hydroxyl groups is 1. The molecule has 3 heterocycles. The third-order valence-electron chi connectivity index (χ3n) is 4.88. The summed E-state index contributed by atoms with van der Waals surface area (Å²) in [5.41, 5.74) is 3.23. The van der Waals surface area contributed by atoms with Crippen molar-refractivity contribution in [3.63, 3.8) is 0 Å². The molecule has 1 atom stereocenters. The quantitative estimate of drug-likeness (QED) is 0.739. The fourth-order valence-electron chi connectivity index (χ4n) is 3.66. The van der Waals surface area contributed by atoms with Crippen LogP contribution >= 0.6 is 0 Å². The first kappa shape index (κ1) is 17.0. The number of likely N-dealkylation sites (tertiary alicyclic amines) is 1. The van der Waals surface area contributed by atoms with E-state index >= 15 is 0 Å². The standard InChI is InChI=1S/C20H24N4O2/c25-12-13-26-17-5-3-4-16(14-17)15-23-10-2-1-6-19(23)18-8-11-24-20(22-18)7-9-21-24/h3-5,7-9,11,14,19,25H,1-2,6,10,12-13,15H2/t19-/m1/s1. The molecular weight excluding hydrogens is 328 g/mol. The maximum Gasteiger partial charge on any atom is 0.155 e. The van der Waals surface area contributed by atoms with Gasteiger partial charge in [-0.3, -0.25) is 4.90 Å². The lowest BCUT2D eigenvalue weighted by atomic mass is 9.98. The summed E-state index contributed by atoms with van der Waals surface area (Å²) in [6, 6.07) is 12.5. The van der Waals surface area contributed by atoms with Crippen LogP contribution in [-0.4, -0.2) is 44.4 Å². The topological polar surface area (TPSA) is 62.9 Å². The van der Waals surface area contributed by atoms with Crippen molar-refractivity contribution in [3.8, 4) is 5.75 Å². The number of piperidine rings is 1. The van der Waals surface area contributed by atoms with Gasteiger partial charge in [-0.2, -0.15) is 5.10 Å². The molecule has 0 radical (unpaired) electrons. The molecule has 0 bridgehead atoms. The molecule has 4 rings (SSSR count). The molecule has 0 saturated carbocycles. The van der Waals surface area contributed by atoms with Crippen molar-refractivity contribution in [2.24, 2.45) is 0 Å². The Morgan fingerprint density at radius 1 is 1.19 bits per heavy atom. The summed E-state index contributed by atoms with van der Waals surface area (Å²) in [5, 5.41) is 13.2. The third-order valence-corrected chi connectivity index (χ3v) is 4.88. The van der Waals surface area contributed by atoms with Crippen LogP contribution in [0.5, 0.6) is 5.75 Å². The number of hydrogen-bond acceptors (Lipinski definition) is 5. The van der Waals surface area contributed by atoms with Crippen LogP contribution in [-0.2, 0) is 6.54 Å². The molecule has 0 unspecified atom stereocenters. The van der Waals surface area contributed by atoms with Gasteiger partial charge in [0.05, 0.1) is 24.5 Å². The lowest BCUT2D eigenvalue weighted by molar-refractivity contribution is 0.137. The van der Waals surface area contributed by atoms with Crippen LogP contribution in [0.1, 0.15) is 36.6 Å². The Labute approximate surface area is 153 Å². The van der Waals surface area contributed by atoms with E-state index in [4.69, 9.17) is 14.8 Å². The van der Waals surface area contributed by atoms with Crippen molar-refractivity contribution >= 4 is 5.65 Å². The molecule has 2 aromatic heterocycles. The first-order valence-electron chi connectivity index (χ1n) is 9.20. The summed E-state index contributed by atoms with van der Waals surface area (Å²) < 4.78 is 7.35. The van der Waals surface area contributed by atoms with E-state index in [1.54, 1.807) is 10.7 Å². The lowest BCUT2D eigenvalue weighted by Gasteiger charge is -2.35. The van der Waals surface area contributed by atoms with Crippen molar-refractivity contribution in [1.29, 1.82) is 0 Å². The summed E-state index contributed by atoms with van der Waals surface area (Å²) in [6.45, 7) is 2.29. The van der Waals surface area contributed by atoms with E-state index in [0.29, 0.717) is 12.6 Å². The maximum absolute atomic E-state index is 8.93. The van der Waals surface area contributed by atoms with E-state index in [0.717, 1.165) is 36.6 Å². The summed E-state index contributed by atoms with van der Waals surface area (Å²) in [7, 11) is 0. The molecule has 3 aromatic rings. The van der Waals surface area contributed by atoms with E-state index in [2.05, 4.69) is 28.2 Å². The highest BCUT2D eigenvalue weighted by Gasteiger charge is 2.25. The van der Waals surface area contributed by atoms with E-state index in [1.807, 2.05) is 24.4 Å². The second-order valence-electron chi connectivity index (χ2n) is 6.69. The van der Waals surface area contributed by atoms with Gasteiger partial charge in [-0.25, -0.2) is 9.50 Å². The van der Waals surface area contributed by atoms with Crippen molar-refractivity contribution in [2.45, 2.75) is 31.8 Å². The molecule has 26 heavy (non-hydrogen) atoms. The predicted molar refractivity (Wildman–Crippen MR) is 99.0 cm³/mol. The van der Waals surface area contributed by atoms with Crippen molar-refractivity contribution in [3.05, 3.63) is 60.0 Å². The highest BCUT2D eigenvalue weighted by molar-refractivity contribution is 5.37. The Morgan fingerprint density at radius 3 is 3.08 bits per heavy atom. The highest BCUT2D eigenvalue weighted by atomic mass is 16.5. The highest BCUT2D eigenvalue weighted by Crippen LogP contribution is 2.31. The van der Waals surface area contributed by atoms with Crippen LogP contribution in [0.15, 0.2) is 48.8 Å². The van der Waals surface area contributed by atoms with Crippen LogP contribution in [0.4, 0.5) is 0 Å². The monoisotopic (exact) mass is 352 g/mol. The van der Waals surface area contributed by atoms with E-state index in [1.165, 1.54) is 18.4 Å². The Balaban J connectivity index is 1.54. The largest absolute Gasteiger partial charge is 0.491 e. The van der Waals surface area contributed by atoms with Crippen LogP contribution < -0.4 is 4.74 Å². The maximum atomic E-state index is 8.93. The smallest absolute Gasteiger partial charge is 0.155 e. The van der Waals surface area contributed by atoms with Gasteiger partial charge in [0.15, 0.2) is 5.65 Å². The van der Waals surface area contributed by atoms with E-state index in [-0.39, 0.29) is 6.61 Å². The molecule has 0 spiro atoms. The number of rotatable bonds is 6. The third kappa shape index (κ3) is 3.71. The molecule has 0 aliphatic carbocycles. The number of nitrogens with zero attached hydrogens (tertiary/aromatic N) is 4. The van der Waals surface area contributed by atoms with Crippen molar-refractivity contribution in [1.82, 2.24) is 19.5 Å². The summed E-state index contributed by atoms with van der Waals surface area (Å²) in [4.78, 5) is 7.32. The van der Waals surface area contributed by atoms with Crippen LogP contribution in [0.2, 0.25) is 0 Å². The minimum atomic E-state index is 0.0289. The normalized spacial score (nSPS) is 18.3.